The van der Waals surface area contributed by atoms with Crippen molar-refractivity contribution in [2.45, 2.75) is 69.8 Å². The van der Waals surface area contributed by atoms with Gasteiger partial charge >= 0.3 is 0 Å². The first kappa shape index (κ1) is 18.8. The molecule has 23 heavy (non-hydrogen) atoms. The molecule has 1 saturated carbocycles. The van der Waals surface area contributed by atoms with Gasteiger partial charge in [-0.2, -0.15) is 0 Å². The van der Waals surface area contributed by atoms with Crippen molar-refractivity contribution in [1.82, 2.24) is 5.32 Å². The molecule has 0 amide bonds. The average molecular weight is 337 g/mol. The van der Waals surface area contributed by atoms with Gasteiger partial charge in [0.1, 0.15) is 0 Å². The van der Waals surface area contributed by atoms with Crippen LogP contribution >= 0.6 is 11.9 Å². The number of β-amino-alcohol motifs (C(OH)–C–C–N with tert-alkyl or cyclic N) is 1. The zero-order valence-electron chi connectivity index (χ0n) is 14.7. The SMILES string of the molecule is Cc1cccc(C(O)CNC(C)(C)CC2CCC(SN)CC2)c1. The highest BCUT2D eigenvalue weighted by molar-refractivity contribution is 7.97. The lowest BCUT2D eigenvalue weighted by Crippen LogP contribution is -2.43. The third-order valence-electron chi connectivity index (χ3n) is 4.99. The molecule has 4 heteroatoms. The van der Waals surface area contributed by atoms with Crippen LogP contribution < -0.4 is 10.5 Å². The van der Waals surface area contributed by atoms with Crippen LogP contribution in [0.25, 0.3) is 0 Å². The normalized spacial score (nSPS) is 23.7. The Morgan fingerprint density at radius 3 is 2.61 bits per heavy atom. The Morgan fingerprint density at radius 2 is 2.00 bits per heavy atom. The van der Waals surface area contributed by atoms with Crippen LogP contribution in [-0.2, 0) is 0 Å². The molecule has 0 saturated heterocycles. The maximum atomic E-state index is 10.4. The van der Waals surface area contributed by atoms with Gasteiger partial charge in [0.05, 0.1) is 6.10 Å². The van der Waals surface area contributed by atoms with E-state index in [0.717, 1.165) is 17.9 Å². The molecule has 3 nitrogen and oxygen atoms in total. The first-order valence-corrected chi connectivity index (χ1v) is 9.69. The summed E-state index contributed by atoms with van der Waals surface area (Å²) >= 11 is 1.53. The fourth-order valence-corrected chi connectivity index (χ4v) is 4.18. The molecule has 0 spiro atoms. The van der Waals surface area contributed by atoms with Gasteiger partial charge in [-0.3, -0.25) is 5.14 Å². The van der Waals surface area contributed by atoms with Gasteiger partial charge in [-0.25, -0.2) is 0 Å². The van der Waals surface area contributed by atoms with E-state index in [1.165, 1.54) is 43.2 Å². The maximum absolute atomic E-state index is 10.4. The number of aliphatic hydroxyl groups is 1. The second-order valence-corrected chi connectivity index (χ2v) is 8.62. The summed E-state index contributed by atoms with van der Waals surface area (Å²) in [6.45, 7) is 7.16. The van der Waals surface area contributed by atoms with Crippen LogP contribution in [0.2, 0.25) is 0 Å². The minimum absolute atomic E-state index is 0.0537. The van der Waals surface area contributed by atoms with Crippen molar-refractivity contribution in [3.63, 3.8) is 0 Å². The van der Waals surface area contributed by atoms with Crippen LogP contribution in [0.15, 0.2) is 24.3 Å². The highest BCUT2D eigenvalue weighted by Crippen LogP contribution is 2.34. The van der Waals surface area contributed by atoms with Crippen LogP contribution in [0.4, 0.5) is 0 Å². The molecule has 1 aliphatic rings. The molecule has 1 aromatic rings. The lowest BCUT2D eigenvalue weighted by Gasteiger charge is -2.35. The van der Waals surface area contributed by atoms with E-state index in [2.05, 4.69) is 38.2 Å². The van der Waals surface area contributed by atoms with Gasteiger partial charge < -0.3 is 10.4 Å². The van der Waals surface area contributed by atoms with E-state index in [4.69, 9.17) is 5.14 Å². The number of aryl methyl sites for hydroxylation is 1. The van der Waals surface area contributed by atoms with Gasteiger partial charge in [-0.15, -0.1) is 0 Å². The number of rotatable bonds is 7. The van der Waals surface area contributed by atoms with Gasteiger partial charge in [0.15, 0.2) is 0 Å². The van der Waals surface area contributed by atoms with Crippen molar-refractivity contribution in [2.75, 3.05) is 6.54 Å². The van der Waals surface area contributed by atoms with Crippen molar-refractivity contribution >= 4 is 11.9 Å². The topological polar surface area (TPSA) is 58.3 Å². The molecule has 4 N–H and O–H groups in total. The summed E-state index contributed by atoms with van der Waals surface area (Å²) < 4.78 is 0. The second kappa shape index (κ2) is 8.52. The van der Waals surface area contributed by atoms with E-state index < -0.39 is 6.10 Å². The zero-order chi connectivity index (χ0) is 16.9. The quantitative estimate of drug-likeness (QED) is 0.660. The van der Waals surface area contributed by atoms with Gasteiger partial charge in [-0.1, -0.05) is 41.8 Å². The summed E-state index contributed by atoms with van der Waals surface area (Å²) in [6, 6.07) is 8.12. The predicted molar refractivity (Wildman–Crippen MR) is 100 cm³/mol. The van der Waals surface area contributed by atoms with Gasteiger partial charge in [0.25, 0.3) is 0 Å². The molecule has 0 bridgehead atoms. The van der Waals surface area contributed by atoms with Crippen LogP contribution in [0.1, 0.15) is 63.2 Å². The van der Waals surface area contributed by atoms with Crippen molar-refractivity contribution < 1.29 is 5.11 Å². The maximum Gasteiger partial charge on any atom is 0.0914 e. The molecule has 0 aromatic heterocycles. The second-order valence-electron chi connectivity index (χ2n) is 7.68. The minimum Gasteiger partial charge on any atom is -0.387 e. The summed E-state index contributed by atoms with van der Waals surface area (Å²) in [5.41, 5.74) is 2.24. The third-order valence-corrected chi connectivity index (χ3v) is 5.84. The third kappa shape index (κ3) is 6.11. The Kier molecular flexibility index (Phi) is 6.96. The molecule has 2 rings (SSSR count). The Morgan fingerprint density at radius 1 is 1.30 bits per heavy atom. The predicted octanol–water partition coefficient (Wildman–Crippen LogP) is 3.95. The monoisotopic (exact) mass is 336 g/mol. The number of hydrogen-bond acceptors (Lipinski definition) is 4. The van der Waals surface area contributed by atoms with Crippen molar-refractivity contribution in [3.8, 4) is 0 Å². The molecule has 0 radical (unpaired) electrons. The molecule has 0 aliphatic heterocycles. The minimum atomic E-state index is -0.446. The Bertz CT molecular complexity index is 484. The van der Waals surface area contributed by atoms with Gasteiger partial charge in [-0.05, 0) is 64.4 Å². The summed E-state index contributed by atoms with van der Waals surface area (Å²) in [6.07, 6.45) is 5.76. The van der Waals surface area contributed by atoms with Gasteiger partial charge in [0.2, 0.25) is 0 Å². The Hall–Kier alpha value is -0.550. The molecule has 1 aliphatic carbocycles. The summed E-state index contributed by atoms with van der Waals surface area (Å²) in [4.78, 5) is 0. The smallest absolute Gasteiger partial charge is 0.0914 e. The fourth-order valence-electron chi connectivity index (χ4n) is 3.63. The fraction of sp³-hybridized carbons (Fsp3) is 0.684. The molecule has 1 unspecified atom stereocenters. The summed E-state index contributed by atoms with van der Waals surface area (Å²) in [5, 5.41) is 20.3. The van der Waals surface area contributed by atoms with E-state index in [-0.39, 0.29) is 5.54 Å². The molecule has 130 valence electrons. The molecule has 1 aromatic carbocycles. The summed E-state index contributed by atoms with van der Waals surface area (Å²) in [5.74, 6) is 0.775. The van der Waals surface area contributed by atoms with E-state index in [0.29, 0.717) is 11.8 Å². The van der Waals surface area contributed by atoms with Gasteiger partial charge in [0, 0.05) is 17.3 Å². The highest BCUT2D eigenvalue weighted by Gasteiger charge is 2.27. The first-order chi connectivity index (χ1) is 10.9. The van der Waals surface area contributed by atoms with Crippen molar-refractivity contribution in [1.29, 1.82) is 0 Å². The molecular formula is C19H32N2OS. The number of hydrogen-bond donors (Lipinski definition) is 3. The standard InChI is InChI=1S/C19H32N2OS/c1-14-5-4-6-16(11-14)18(22)13-21-19(2,3)12-15-7-9-17(23-20)10-8-15/h4-6,11,15,17-18,21-22H,7-10,12-13,20H2,1-3H3. The summed E-state index contributed by atoms with van der Waals surface area (Å²) in [7, 11) is 0. The largest absolute Gasteiger partial charge is 0.387 e. The van der Waals surface area contributed by atoms with E-state index >= 15 is 0 Å². The number of aliphatic hydroxyl groups excluding tert-OH is 1. The van der Waals surface area contributed by atoms with E-state index in [1.54, 1.807) is 0 Å². The van der Waals surface area contributed by atoms with Crippen LogP contribution in [0.5, 0.6) is 0 Å². The van der Waals surface area contributed by atoms with E-state index in [9.17, 15) is 5.11 Å². The Labute approximate surface area is 145 Å². The number of nitrogens with one attached hydrogen (secondary N) is 1. The Balaban J connectivity index is 1.79. The average Bonchev–Trinajstić information content (AvgIpc) is 2.53. The van der Waals surface area contributed by atoms with Crippen LogP contribution in [0, 0.1) is 12.8 Å². The molecule has 0 heterocycles. The number of benzene rings is 1. The first-order valence-electron chi connectivity index (χ1n) is 8.75. The van der Waals surface area contributed by atoms with Crippen molar-refractivity contribution in [2.24, 2.45) is 11.1 Å². The highest BCUT2D eigenvalue weighted by atomic mass is 32.2. The van der Waals surface area contributed by atoms with Crippen LogP contribution in [-0.4, -0.2) is 22.4 Å². The van der Waals surface area contributed by atoms with Crippen LogP contribution in [0.3, 0.4) is 0 Å². The number of nitrogens with two attached hydrogens (primary N) is 1. The van der Waals surface area contributed by atoms with Crippen molar-refractivity contribution in [3.05, 3.63) is 35.4 Å². The zero-order valence-corrected chi connectivity index (χ0v) is 15.5. The molecule has 1 atom stereocenters. The lowest BCUT2D eigenvalue weighted by molar-refractivity contribution is 0.151. The van der Waals surface area contributed by atoms with E-state index in [1.807, 2.05) is 12.1 Å². The molecule has 1 fully saturated rings. The molecular weight excluding hydrogens is 304 g/mol. The lowest BCUT2D eigenvalue weighted by atomic mass is 9.80.